The summed E-state index contributed by atoms with van der Waals surface area (Å²) >= 11 is 0. The molecule has 1 unspecified atom stereocenters. The quantitative estimate of drug-likeness (QED) is 0.811. The Morgan fingerprint density at radius 2 is 1.94 bits per heavy atom. The third-order valence-corrected chi connectivity index (χ3v) is 3.15. The molecule has 0 aromatic heterocycles. The lowest BCUT2D eigenvalue weighted by molar-refractivity contribution is -0.121. The molecule has 0 saturated heterocycles. The molecule has 3 nitrogen and oxygen atoms in total. The summed E-state index contributed by atoms with van der Waals surface area (Å²) in [7, 11) is 0. The number of carbonyl (C=O) groups is 1. The average molecular weight is 248 g/mol. The van der Waals surface area contributed by atoms with Crippen LogP contribution in [-0.4, -0.2) is 18.5 Å². The summed E-state index contributed by atoms with van der Waals surface area (Å²) in [5.41, 5.74) is 6.71. The largest absolute Gasteiger partial charge is 0.354 e. The van der Waals surface area contributed by atoms with Gasteiger partial charge >= 0.3 is 0 Å². The summed E-state index contributed by atoms with van der Waals surface area (Å²) in [4.78, 5) is 11.5. The van der Waals surface area contributed by atoms with Gasteiger partial charge in [0.2, 0.25) is 5.91 Å². The Labute approximate surface area is 110 Å². The summed E-state index contributed by atoms with van der Waals surface area (Å²) in [6, 6.07) is 10.5. The molecular formula is C15H24N2O. The fourth-order valence-corrected chi connectivity index (χ4v) is 2.30. The van der Waals surface area contributed by atoms with Gasteiger partial charge in [0.1, 0.15) is 0 Å². The predicted molar refractivity (Wildman–Crippen MR) is 75.4 cm³/mol. The van der Waals surface area contributed by atoms with Gasteiger partial charge < -0.3 is 11.1 Å². The van der Waals surface area contributed by atoms with Crippen LogP contribution in [-0.2, 0) is 10.2 Å². The summed E-state index contributed by atoms with van der Waals surface area (Å²) in [5, 5.41) is 2.99. The number of hydrogen-bond acceptors (Lipinski definition) is 2. The van der Waals surface area contributed by atoms with Crippen molar-refractivity contribution in [2.75, 3.05) is 6.54 Å². The van der Waals surface area contributed by atoms with E-state index in [9.17, 15) is 4.79 Å². The summed E-state index contributed by atoms with van der Waals surface area (Å²) < 4.78 is 0. The summed E-state index contributed by atoms with van der Waals surface area (Å²) in [6.45, 7) is 6.85. The van der Waals surface area contributed by atoms with Crippen LogP contribution in [0.25, 0.3) is 0 Å². The maximum absolute atomic E-state index is 11.5. The van der Waals surface area contributed by atoms with Crippen LogP contribution < -0.4 is 11.1 Å². The fraction of sp³-hybridized carbons (Fsp3) is 0.533. The van der Waals surface area contributed by atoms with Crippen molar-refractivity contribution in [3.8, 4) is 0 Å². The highest BCUT2D eigenvalue weighted by molar-refractivity contribution is 5.76. The second-order valence-corrected chi connectivity index (χ2v) is 5.46. The van der Waals surface area contributed by atoms with E-state index in [4.69, 9.17) is 5.73 Å². The second kappa shape index (κ2) is 6.55. The van der Waals surface area contributed by atoms with Crippen molar-refractivity contribution in [2.24, 2.45) is 5.73 Å². The molecule has 3 N–H and O–H groups in total. The van der Waals surface area contributed by atoms with Gasteiger partial charge in [-0.25, -0.2) is 0 Å². The van der Waals surface area contributed by atoms with Crippen LogP contribution >= 0.6 is 0 Å². The first-order valence-corrected chi connectivity index (χ1v) is 6.50. The Morgan fingerprint density at radius 3 is 2.50 bits per heavy atom. The van der Waals surface area contributed by atoms with E-state index in [-0.39, 0.29) is 17.4 Å². The topological polar surface area (TPSA) is 55.1 Å². The van der Waals surface area contributed by atoms with Crippen LogP contribution in [0.3, 0.4) is 0 Å². The first-order chi connectivity index (χ1) is 8.45. The Bertz CT molecular complexity index is 373. The van der Waals surface area contributed by atoms with Crippen molar-refractivity contribution in [1.82, 2.24) is 5.32 Å². The maximum Gasteiger partial charge on any atom is 0.221 e. The SMILES string of the molecule is CC(CC(C)(C)c1ccccc1)NC(=O)CCN. The van der Waals surface area contributed by atoms with Gasteiger partial charge in [-0.05, 0) is 24.3 Å². The zero-order chi connectivity index (χ0) is 13.6. The molecule has 0 fully saturated rings. The Morgan fingerprint density at radius 1 is 1.33 bits per heavy atom. The van der Waals surface area contributed by atoms with Gasteiger partial charge in [-0.2, -0.15) is 0 Å². The van der Waals surface area contributed by atoms with Crippen LogP contribution in [0.2, 0.25) is 0 Å². The zero-order valence-corrected chi connectivity index (χ0v) is 11.6. The highest BCUT2D eigenvalue weighted by Crippen LogP contribution is 2.28. The van der Waals surface area contributed by atoms with E-state index in [1.165, 1.54) is 5.56 Å². The lowest BCUT2D eigenvalue weighted by atomic mass is 9.79. The highest BCUT2D eigenvalue weighted by Gasteiger charge is 2.23. The fourth-order valence-electron chi connectivity index (χ4n) is 2.30. The molecule has 1 aromatic carbocycles. The van der Waals surface area contributed by atoms with E-state index in [0.717, 1.165) is 6.42 Å². The van der Waals surface area contributed by atoms with Crippen molar-refractivity contribution in [3.05, 3.63) is 35.9 Å². The van der Waals surface area contributed by atoms with Crippen molar-refractivity contribution < 1.29 is 4.79 Å². The number of amides is 1. The van der Waals surface area contributed by atoms with E-state index >= 15 is 0 Å². The molecule has 1 aromatic rings. The Kier molecular flexibility index (Phi) is 5.35. The number of nitrogens with one attached hydrogen (secondary N) is 1. The van der Waals surface area contributed by atoms with Gasteiger partial charge in [-0.1, -0.05) is 44.2 Å². The molecule has 0 bridgehead atoms. The number of hydrogen-bond donors (Lipinski definition) is 2. The van der Waals surface area contributed by atoms with Gasteiger partial charge in [0.05, 0.1) is 0 Å². The second-order valence-electron chi connectivity index (χ2n) is 5.46. The third kappa shape index (κ3) is 4.49. The van der Waals surface area contributed by atoms with Gasteiger partial charge in [-0.15, -0.1) is 0 Å². The van der Waals surface area contributed by atoms with E-state index in [2.05, 4.69) is 43.4 Å². The molecule has 100 valence electrons. The van der Waals surface area contributed by atoms with Crippen molar-refractivity contribution in [3.63, 3.8) is 0 Å². The number of nitrogens with two attached hydrogens (primary N) is 1. The van der Waals surface area contributed by atoms with Crippen molar-refractivity contribution >= 4 is 5.91 Å². The molecule has 3 heteroatoms. The van der Waals surface area contributed by atoms with Gasteiger partial charge in [-0.3, -0.25) is 4.79 Å². The molecule has 0 aliphatic rings. The Balaban J connectivity index is 2.58. The van der Waals surface area contributed by atoms with Crippen molar-refractivity contribution in [2.45, 2.75) is 45.1 Å². The molecule has 0 aliphatic carbocycles. The molecular weight excluding hydrogens is 224 g/mol. The molecule has 0 saturated carbocycles. The van der Waals surface area contributed by atoms with E-state index < -0.39 is 0 Å². The van der Waals surface area contributed by atoms with Gasteiger partial charge in [0.25, 0.3) is 0 Å². The van der Waals surface area contributed by atoms with Gasteiger partial charge in [0, 0.05) is 19.0 Å². The lowest BCUT2D eigenvalue weighted by Crippen LogP contribution is -2.37. The molecule has 0 aliphatic heterocycles. The number of rotatable bonds is 6. The monoisotopic (exact) mass is 248 g/mol. The minimum absolute atomic E-state index is 0.0360. The van der Waals surface area contributed by atoms with Gasteiger partial charge in [0.15, 0.2) is 0 Å². The summed E-state index contributed by atoms with van der Waals surface area (Å²) in [6.07, 6.45) is 1.31. The van der Waals surface area contributed by atoms with Crippen LogP contribution in [0, 0.1) is 0 Å². The van der Waals surface area contributed by atoms with E-state index in [0.29, 0.717) is 13.0 Å². The molecule has 0 radical (unpaired) electrons. The summed E-state index contributed by atoms with van der Waals surface area (Å²) in [5.74, 6) is 0.0360. The predicted octanol–water partition coefficient (Wildman–Crippen LogP) is 2.21. The smallest absolute Gasteiger partial charge is 0.221 e. The highest BCUT2D eigenvalue weighted by atomic mass is 16.1. The van der Waals surface area contributed by atoms with Crippen molar-refractivity contribution in [1.29, 1.82) is 0 Å². The number of benzene rings is 1. The first-order valence-electron chi connectivity index (χ1n) is 6.50. The minimum atomic E-state index is 0.0360. The number of carbonyl (C=O) groups excluding carboxylic acids is 1. The molecule has 1 amide bonds. The molecule has 0 heterocycles. The van der Waals surface area contributed by atoms with E-state index in [1.54, 1.807) is 0 Å². The van der Waals surface area contributed by atoms with Crippen LogP contribution in [0.1, 0.15) is 39.2 Å². The van der Waals surface area contributed by atoms with E-state index in [1.807, 2.05) is 13.0 Å². The normalized spacial score (nSPS) is 13.1. The van der Waals surface area contributed by atoms with Crippen LogP contribution in [0.15, 0.2) is 30.3 Å². The standard InChI is InChI=1S/C15H24N2O/c1-12(17-14(18)9-10-16)11-15(2,3)13-7-5-4-6-8-13/h4-8,12H,9-11,16H2,1-3H3,(H,17,18). The average Bonchev–Trinajstić information content (AvgIpc) is 2.29. The van der Waals surface area contributed by atoms with Crippen LogP contribution in [0.5, 0.6) is 0 Å². The minimum Gasteiger partial charge on any atom is -0.354 e. The maximum atomic E-state index is 11.5. The lowest BCUT2D eigenvalue weighted by Gasteiger charge is -2.29. The Hall–Kier alpha value is -1.35. The zero-order valence-electron chi connectivity index (χ0n) is 11.6. The molecule has 18 heavy (non-hydrogen) atoms. The van der Waals surface area contributed by atoms with Crippen LogP contribution in [0.4, 0.5) is 0 Å². The molecule has 1 rings (SSSR count). The third-order valence-electron chi connectivity index (χ3n) is 3.15. The first kappa shape index (κ1) is 14.7. The molecule has 0 spiro atoms. The molecule has 1 atom stereocenters.